The Morgan fingerprint density at radius 3 is 2.41 bits per heavy atom. The number of esters is 1. The van der Waals surface area contributed by atoms with Gasteiger partial charge < -0.3 is 9.47 Å². The van der Waals surface area contributed by atoms with E-state index in [0.717, 1.165) is 0 Å². The molecule has 3 rings (SSSR count). The van der Waals surface area contributed by atoms with Crippen molar-refractivity contribution in [2.75, 3.05) is 7.11 Å². The van der Waals surface area contributed by atoms with Crippen molar-refractivity contribution >= 4 is 17.9 Å². The van der Waals surface area contributed by atoms with Crippen LogP contribution in [0.1, 0.15) is 11.1 Å². The molecule has 1 aliphatic heterocycles. The molecule has 110 valence electrons. The summed E-state index contributed by atoms with van der Waals surface area (Å²) in [5.41, 5.74) is 1.53. The molecule has 22 heavy (non-hydrogen) atoms. The Balaban J connectivity index is 1.88. The van der Waals surface area contributed by atoms with Gasteiger partial charge in [0, 0.05) is 5.56 Å². The van der Waals surface area contributed by atoms with Crippen LogP contribution in [0.4, 0.5) is 4.39 Å². The molecule has 0 saturated heterocycles. The average Bonchev–Trinajstić information content (AvgIpc) is 2.91. The molecule has 2 aromatic rings. The van der Waals surface area contributed by atoms with Gasteiger partial charge >= 0.3 is 5.97 Å². The summed E-state index contributed by atoms with van der Waals surface area (Å²) in [4.78, 5) is 16.0. The number of cyclic esters (lactones) is 1. The molecule has 4 nitrogen and oxygen atoms in total. The normalized spacial score (nSPS) is 15.6. The molecule has 1 aliphatic rings. The lowest BCUT2D eigenvalue weighted by Gasteiger charge is -2.01. The predicted octanol–water partition coefficient (Wildman–Crippen LogP) is 3.18. The van der Waals surface area contributed by atoms with Crippen molar-refractivity contribution in [3.8, 4) is 5.75 Å². The van der Waals surface area contributed by atoms with Crippen LogP contribution in [-0.4, -0.2) is 19.0 Å². The second-order valence-corrected chi connectivity index (χ2v) is 4.62. The van der Waals surface area contributed by atoms with Crippen LogP contribution in [0.15, 0.2) is 59.2 Å². The summed E-state index contributed by atoms with van der Waals surface area (Å²) in [5.74, 6) is 0.0745. The number of methoxy groups -OCH3 is 1. The molecule has 1 heterocycles. The van der Waals surface area contributed by atoms with Crippen LogP contribution in [0.5, 0.6) is 5.75 Å². The summed E-state index contributed by atoms with van der Waals surface area (Å²) < 4.78 is 23.1. The second kappa shape index (κ2) is 5.81. The Kier molecular flexibility index (Phi) is 3.70. The van der Waals surface area contributed by atoms with Crippen LogP contribution in [0, 0.1) is 5.82 Å². The zero-order valence-electron chi connectivity index (χ0n) is 11.7. The molecule has 0 unspecified atom stereocenters. The summed E-state index contributed by atoms with van der Waals surface area (Å²) in [6, 6.07) is 12.8. The molecule has 0 bridgehead atoms. The summed E-state index contributed by atoms with van der Waals surface area (Å²) >= 11 is 0. The Hall–Kier alpha value is -2.95. The maximum atomic E-state index is 12.9. The van der Waals surface area contributed by atoms with Crippen LogP contribution in [0.2, 0.25) is 0 Å². The number of hydrogen-bond acceptors (Lipinski definition) is 4. The number of benzene rings is 2. The number of rotatable bonds is 3. The van der Waals surface area contributed by atoms with Gasteiger partial charge in [0.1, 0.15) is 11.6 Å². The molecule has 2 aromatic carbocycles. The van der Waals surface area contributed by atoms with E-state index in [1.54, 1.807) is 49.6 Å². The Morgan fingerprint density at radius 1 is 1.09 bits per heavy atom. The summed E-state index contributed by atoms with van der Waals surface area (Å²) in [6.07, 6.45) is 1.55. The number of ether oxygens (including phenoxy) is 2. The highest BCUT2D eigenvalue weighted by atomic mass is 19.1. The van der Waals surface area contributed by atoms with Gasteiger partial charge in [-0.15, -0.1) is 0 Å². The largest absolute Gasteiger partial charge is 0.497 e. The Morgan fingerprint density at radius 2 is 1.77 bits per heavy atom. The first kappa shape index (κ1) is 14.0. The van der Waals surface area contributed by atoms with Crippen molar-refractivity contribution in [2.24, 2.45) is 4.99 Å². The van der Waals surface area contributed by atoms with E-state index in [1.807, 2.05) is 0 Å². The minimum Gasteiger partial charge on any atom is -0.497 e. The first-order valence-electron chi connectivity index (χ1n) is 6.58. The zero-order chi connectivity index (χ0) is 15.5. The molecule has 0 fully saturated rings. The molecule has 0 N–H and O–H groups in total. The average molecular weight is 297 g/mol. The van der Waals surface area contributed by atoms with Gasteiger partial charge in [-0.25, -0.2) is 14.2 Å². The Bertz CT molecular complexity index is 761. The van der Waals surface area contributed by atoms with E-state index in [2.05, 4.69) is 4.99 Å². The van der Waals surface area contributed by atoms with E-state index in [0.29, 0.717) is 16.9 Å². The quantitative estimate of drug-likeness (QED) is 0.646. The predicted molar refractivity (Wildman–Crippen MR) is 80.0 cm³/mol. The molecule has 0 spiro atoms. The maximum absolute atomic E-state index is 12.9. The van der Waals surface area contributed by atoms with E-state index in [-0.39, 0.29) is 17.4 Å². The highest BCUT2D eigenvalue weighted by Crippen LogP contribution is 2.20. The molecule has 0 atom stereocenters. The summed E-state index contributed by atoms with van der Waals surface area (Å²) in [5, 5.41) is 0. The molecule has 0 aromatic heterocycles. The lowest BCUT2D eigenvalue weighted by atomic mass is 10.2. The van der Waals surface area contributed by atoms with Crippen molar-refractivity contribution < 1.29 is 18.7 Å². The summed E-state index contributed by atoms with van der Waals surface area (Å²) in [6.45, 7) is 0. The van der Waals surface area contributed by atoms with E-state index in [1.165, 1.54) is 12.1 Å². The number of carbonyl (C=O) groups is 1. The van der Waals surface area contributed by atoms with Gasteiger partial charge in [0.2, 0.25) is 5.90 Å². The van der Waals surface area contributed by atoms with Gasteiger partial charge in [0.05, 0.1) is 7.11 Å². The first-order valence-corrected chi connectivity index (χ1v) is 6.58. The number of nitrogens with zero attached hydrogens (tertiary/aromatic N) is 1. The van der Waals surface area contributed by atoms with Crippen molar-refractivity contribution in [1.82, 2.24) is 0 Å². The van der Waals surface area contributed by atoms with Crippen LogP contribution in [0.3, 0.4) is 0 Å². The van der Waals surface area contributed by atoms with Crippen molar-refractivity contribution in [3.63, 3.8) is 0 Å². The number of aliphatic imine (C=N–C) groups is 1. The molecule has 0 amide bonds. The van der Waals surface area contributed by atoms with Gasteiger partial charge in [0.25, 0.3) is 0 Å². The van der Waals surface area contributed by atoms with E-state index < -0.39 is 5.97 Å². The van der Waals surface area contributed by atoms with Crippen molar-refractivity contribution in [1.29, 1.82) is 0 Å². The molecule has 0 saturated carbocycles. The third kappa shape index (κ3) is 2.88. The fourth-order valence-corrected chi connectivity index (χ4v) is 1.98. The molecule has 5 heteroatoms. The standard InChI is InChI=1S/C17H12FNO3/c1-21-14-8-4-12(5-9-14)16-19-15(17(20)22-16)10-11-2-6-13(18)7-3-11/h2-10H,1H3/b15-10-. The smallest absolute Gasteiger partial charge is 0.363 e. The van der Waals surface area contributed by atoms with Gasteiger partial charge in [-0.1, -0.05) is 12.1 Å². The third-order valence-corrected chi connectivity index (χ3v) is 3.13. The zero-order valence-corrected chi connectivity index (χ0v) is 11.7. The highest BCUT2D eigenvalue weighted by molar-refractivity contribution is 6.12. The number of halogens is 1. The minimum atomic E-state index is -0.532. The van der Waals surface area contributed by atoms with Crippen molar-refractivity contribution in [3.05, 3.63) is 71.2 Å². The maximum Gasteiger partial charge on any atom is 0.363 e. The van der Waals surface area contributed by atoms with Crippen molar-refractivity contribution in [2.45, 2.75) is 0 Å². The van der Waals surface area contributed by atoms with Gasteiger partial charge in [-0.2, -0.15) is 0 Å². The highest BCUT2D eigenvalue weighted by Gasteiger charge is 2.24. The van der Waals surface area contributed by atoms with Gasteiger partial charge in [-0.3, -0.25) is 0 Å². The van der Waals surface area contributed by atoms with Gasteiger partial charge in [0.15, 0.2) is 5.70 Å². The SMILES string of the molecule is COc1ccc(C2=N/C(=C\c3ccc(F)cc3)C(=O)O2)cc1. The fourth-order valence-electron chi connectivity index (χ4n) is 1.98. The first-order chi connectivity index (χ1) is 10.7. The van der Waals surface area contributed by atoms with E-state index in [9.17, 15) is 9.18 Å². The van der Waals surface area contributed by atoms with Crippen LogP contribution < -0.4 is 4.74 Å². The minimum absolute atomic E-state index is 0.178. The van der Waals surface area contributed by atoms with Gasteiger partial charge in [-0.05, 0) is 48.0 Å². The fraction of sp³-hybridized carbons (Fsp3) is 0.0588. The number of hydrogen-bond donors (Lipinski definition) is 0. The topological polar surface area (TPSA) is 47.9 Å². The summed E-state index contributed by atoms with van der Waals surface area (Å²) in [7, 11) is 1.58. The van der Waals surface area contributed by atoms with E-state index in [4.69, 9.17) is 9.47 Å². The third-order valence-electron chi connectivity index (χ3n) is 3.13. The van der Waals surface area contributed by atoms with Crippen LogP contribution in [-0.2, 0) is 9.53 Å². The molecule has 0 aliphatic carbocycles. The molecular weight excluding hydrogens is 285 g/mol. The molecule has 0 radical (unpaired) electrons. The molecular formula is C17H12FNO3. The lowest BCUT2D eigenvalue weighted by Crippen LogP contribution is -2.05. The van der Waals surface area contributed by atoms with Crippen LogP contribution >= 0.6 is 0 Å². The monoisotopic (exact) mass is 297 g/mol. The number of carbonyl (C=O) groups excluding carboxylic acids is 1. The second-order valence-electron chi connectivity index (χ2n) is 4.62. The van der Waals surface area contributed by atoms with E-state index >= 15 is 0 Å². The Labute approximate surface area is 126 Å². The lowest BCUT2D eigenvalue weighted by molar-refractivity contribution is -0.129. The van der Waals surface area contributed by atoms with Crippen LogP contribution in [0.25, 0.3) is 6.08 Å².